The SMILES string of the molecule is CCCCCCCC/C=C\CCCCCCCCCCCCCC(=O)OC[C@H](COP(=O)(O)OCCN)OC(=O)CCC/C=C\C/C=C\C/C=C\C/C=C\CC[C@H](O)CC. The lowest BCUT2D eigenvalue weighted by Crippen LogP contribution is -2.29. The van der Waals surface area contributed by atoms with Crippen LogP contribution in [0, 0.1) is 0 Å². The maximum atomic E-state index is 12.6. The van der Waals surface area contributed by atoms with Crippen molar-refractivity contribution in [1.29, 1.82) is 0 Å². The molecule has 0 rings (SSSR count). The molecule has 11 heteroatoms. The first-order valence-corrected chi connectivity index (χ1v) is 25.3. The van der Waals surface area contributed by atoms with E-state index in [0.717, 1.165) is 57.8 Å². The van der Waals surface area contributed by atoms with Crippen molar-refractivity contribution < 1.29 is 42.7 Å². The van der Waals surface area contributed by atoms with E-state index in [-0.39, 0.29) is 38.7 Å². The van der Waals surface area contributed by atoms with Gasteiger partial charge in [0.25, 0.3) is 0 Å². The first-order valence-electron chi connectivity index (χ1n) is 23.8. The number of unbranched alkanes of at least 4 members (excludes halogenated alkanes) is 18. The minimum atomic E-state index is -4.40. The highest BCUT2D eigenvalue weighted by Gasteiger charge is 2.26. The zero-order valence-electron chi connectivity index (χ0n) is 38.0. The Kier molecular flexibility index (Phi) is 43.0. The van der Waals surface area contributed by atoms with Gasteiger partial charge in [0.05, 0.1) is 19.3 Å². The second kappa shape index (κ2) is 44.7. The summed E-state index contributed by atoms with van der Waals surface area (Å²) in [5.41, 5.74) is 5.35. The zero-order valence-corrected chi connectivity index (χ0v) is 38.9. The summed E-state index contributed by atoms with van der Waals surface area (Å²) in [7, 11) is -4.40. The molecule has 0 aromatic carbocycles. The van der Waals surface area contributed by atoms with Crippen LogP contribution in [0.25, 0.3) is 0 Å². The standard InChI is InChI=1S/C49H88NO9P/c1-3-5-6-7-8-9-10-11-12-13-14-15-16-17-18-22-25-28-31-34-37-40-48(52)56-44-47(45-58-60(54,55)57-43-42-50)59-49(53)41-38-35-32-29-26-23-20-19-21-24-27-30-33-36-39-46(51)4-2/h11-12,20-21,23-24,29-30,32-33,46-47,51H,3-10,13-19,22,25-28,31,34-45,50H2,1-2H3,(H,54,55)/b12-11-,23-20-,24-21-,32-29-,33-30-/t46-,47-/m1/s1. The summed E-state index contributed by atoms with van der Waals surface area (Å²) in [6.45, 7) is 3.38. The number of hydrogen-bond donors (Lipinski definition) is 3. The van der Waals surface area contributed by atoms with Gasteiger partial charge < -0.3 is 25.2 Å². The fraction of sp³-hybridized carbons (Fsp3) is 0.755. The predicted molar refractivity (Wildman–Crippen MR) is 249 cm³/mol. The molecule has 60 heavy (non-hydrogen) atoms. The van der Waals surface area contributed by atoms with E-state index < -0.39 is 32.5 Å². The number of hydrogen-bond acceptors (Lipinski definition) is 9. The van der Waals surface area contributed by atoms with Gasteiger partial charge >= 0.3 is 19.8 Å². The molecule has 1 unspecified atom stereocenters. The molecule has 0 heterocycles. The summed E-state index contributed by atoms with van der Waals surface area (Å²) in [4.78, 5) is 34.9. The summed E-state index contributed by atoms with van der Waals surface area (Å²) in [5, 5.41) is 9.57. The van der Waals surface area contributed by atoms with E-state index in [2.05, 4.69) is 61.6 Å². The molecule has 0 aliphatic carbocycles. The van der Waals surface area contributed by atoms with Crippen LogP contribution in [0.2, 0.25) is 0 Å². The second-order valence-corrected chi connectivity index (χ2v) is 17.2. The van der Waals surface area contributed by atoms with Gasteiger partial charge in [-0.1, -0.05) is 164 Å². The Balaban J connectivity index is 4.17. The topological polar surface area (TPSA) is 155 Å². The Hall–Kier alpha value is -2.33. The molecule has 0 saturated carbocycles. The number of phosphoric ester groups is 1. The van der Waals surface area contributed by atoms with E-state index in [1.165, 1.54) is 103 Å². The maximum absolute atomic E-state index is 12.6. The van der Waals surface area contributed by atoms with Crippen LogP contribution in [0.5, 0.6) is 0 Å². The van der Waals surface area contributed by atoms with Crippen molar-refractivity contribution in [3.63, 3.8) is 0 Å². The number of esters is 2. The van der Waals surface area contributed by atoms with Gasteiger partial charge in [-0.25, -0.2) is 4.57 Å². The van der Waals surface area contributed by atoms with E-state index in [1.807, 2.05) is 13.0 Å². The molecule has 0 radical (unpaired) electrons. The van der Waals surface area contributed by atoms with Crippen LogP contribution in [-0.2, 0) is 32.7 Å². The molecule has 0 saturated heterocycles. The lowest BCUT2D eigenvalue weighted by atomic mass is 10.0. The minimum absolute atomic E-state index is 0.0370. The Morgan fingerprint density at radius 2 is 1.02 bits per heavy atom. The number of aliphatic hydroxyl groups is 1. The number of carbonyl (C=O) groups excluding carboxylic acids is 2. The quantitative estimate of drug-likeness (QED) is 0.0233. The van der Waals surface area contributed by atoms with Crippen LogP contribution in [0.15, 0.2) is 60.8 Å². The van der Waals surface area contributed by atoms with Crippen molar-refractivity contribution in [2.75, 3.05) is 26.4 Å². The smallest absolute Gasteiger partial charge is 0.462 e. The van der Waals surface area contributed by atoms with Crippen molar-refractivity contribution in [2.45, 2.75) is 212 Å². The van der Waals surface area contributed by atoms with Gasteiger partial charge in [-0.05, 0) is 83.5 Å². The summed E-state index contributed by atoms with van der Waals surface area (Å²) < 4.78 is 32.8. The normalized spacial score (nSPS) is 14.3. The third-order valence-electron chi connectivity index (χ3n) is 10.0. The Bertz CT molecular complexity index is 1190. The molecule has 0 aliphatic rings. The van der Waals surface area contributed by atoms with Crippen molar-refractivity contribution in [3.05, 3.63) is 60.8 Å². The molecular formula is C49H88NO9P. The van der Waals surface area contributed by atoms with Gasteiger partial charge in [0.15, 0.2) is 6.10 Å². The fourth-order valence-electron chi connectivity index (χ4n) is 6.31. The van der Waals surface area contributed by atoms with Crippen LogP contribution >= 0.6 is 7.82 Å². The number of phosphoric acid groups is 1. The molecule has 10 nitrogen and oxygen atoms in total. The van der Waals surface area contributed by atoms with Crippen molar-refractivity contribution >= 4 is 19.8 Å². The third kappa shape index (κ3) is 43.7. The maximum Gasteiger partial charge on any atom is 0.472 e. The first kappa shape index (κ1) is 57.7. The van der Waals surface area contributed by atoms with Gasteiger partial charge in [0.1, 0.15) is 6.61 Å². The van der Waals surface area contributed by atoms with E-state index >= 15 is 0 Å². The van der Waals surface area contributed by atoms with Gasteiger partial charge in [0.2, 0.25) is 0 Å². The van der Waals surface area contributed by atoms with Crippen LogP contribution in [0.3, 0.4) is 0 Å². The summed E-state index contributed by atoms with van der Waals surface area (Å²) in [6, 6.07) is 0. The lowest BCUT2D eigenvalue weighted by Gasteiger charge is -2.19. The Labute approximate surface area is 366 Å². The van der Waals surface area contributed by atoms with Crippen molar-refractivity contribution in [2.24, 2.45) is 5.73 Å². The molecule has 3 atom stereocenters. The number of carbonyl (C=O) groups is 2. The largest absolute Gasteiger partial charge is 0.472 e. The van der Waals surface area contributed by atoms with Crippen LogP contribution < -0.4 is 5.73 Å². The van der Waals surface area contributed by atoms with E-state index in [0.29, 0.717) is 12.8 Å². The first-order chi connectivity index (χ1) is 29.2. The predicted octanol–water partition coefficient (Wildman–Crippen LogP) is 13.0. The molecule has 0 aromatic heterocycles. The molecule has 348 valence electrons. The van der Waals surface area contributed by atoms with Crippen LogP contribution in [0.4, 0.5) is 0 Å². The van der Waals surface area contributed by atoms with Gasteiger partial charge in [0, 0.05) is 19.4 Å². The van der Waals surface area contributed by atoms with Crippen LogP contribution in [0.1, 0.15) is 200 Å². The van der Waals surface area contributed by atoms with Crippen molar-refractivity contribution in [3.8, 4) is 0 Å². The van der Waals surface area contributed by atoms with Crippen molar-refractivity contribution in [1.82, 2.24) is 0 Å². The molecule has 0 spiro atoms. The number of nitrogens with two attached hydrogens (primary N) is 1. The number of allylic oxidation sites excluding steroid dienone is 10. The molecule has 0 aromatic rings. The summed E-state index contributed by atoms with van der Waals surface area (Å²) in [6.07, 6.45) is 50.6. The molecule has 4 N–H and O–H groups in total. The monoisotopic (exact) mass is 866 g/mol. The Morgan fingerprint density at radius 3 is 1.55 bits per heavy atom. The average Bonchev–Trinajstić information content (AvgIpc) is 3.24. The number of rotatable bonds is 44. The highest BCUT2D eigenvalue weighted by molar-refractivity contribution is 7.47. The number of ether oxygens (including phenoxy) is 2. The fourth-order valence-corrected chi connectivity index (χ4v) is 7.07. The average molecular weight is 866 g/mol. The van der Waals surface area contributed by atoms with Gasteiger partial charge in [-0.2, -0.15) is 0 Å². The summed E-state index contributed by atoms with van der Waals surface area (Å²) >= 11 is 0. The van der Waals surface area contributed by atoms with Gasteiger partial charge in [-0.15, -0.1) is 0 Å². The van der Waals surface area contributed by atoms with E-state index in [1.54, 1.807) is 0 Å². The van der Waals surface area contributed by atoms with E-state index in [9.17, 15) is 24.2 Å². The highest BCUT2D eigenvalue weighted by Crippen LogP contribution is 2.43. The lowest BCUT2D eigenvalue weighted by molar-refractivity contribution is -0.161. The summed E-state index contributed by atoms with van der Waals surface area (Å²) in [5.74, 6) is -0.913. The zero-order chi connectivity index (χ0) is 44.0. The highest BCUT2D eigenvalue weighted by atomic mass is 31.2. The third-order valence-corrected chi connectivity index (χ3v) is 11.0. The number of aliphatic hydroxyl groups excluding tert-OH is 1. The Morgan fingerprint density at radius 1 is 0.567 bits per heavy atom. The molecular weight excluding hydrogens is 778 g/mol. The van der Waals surface area contributed by atoms with E-state index in [4.69, 9.17) is 24.3 Å². The molecule has 0 bridgehead atoms. The second-order valence-electron chi connectivity index (χ2n) is 15.8. The van der Waals surface area contributed by atoms with Gasteiger partial charge in [-0.3, -0.25) is 18.6 Å². The molecule has 0 aliphatic heterocycles. The molecule has 0 amide bonds. The minimum Gasteiger partial charge on any atom is -0.462 e. The van der Waals surface area contributed by atoms with Crippen LogP contribution in [-0.4, -0.2) is 60.5 Å². The molecule has 0 fully saturated rings.